The van der Waals surface area contributed by atoms with Crippen LogP contribution >= 0.6 is 0 Å². The fraction of sp³-hybridized carbons (Fsp3) is 0.143. The summed E-state index contributed by atoms with van der Waals surface area (Å²) in [4.78, 5) is 26.3. The Morgan fingerprint density at radius 1 is 0.923 bits per heavy atom. The van der Waals surface area contributed by atoms with Crippen LogP contribution in [-0.2, 0) is 9.59 Å². The van der Waals surface area contributed by atoms with Crippen LogP contribution in [0.1, 0.15) is 6.42 Å². The van der Waals surface area contributed by atoms with E-state index in [0.29, 0.717) is 0 Å². The third-order valence-electron chi connectivity index (χ3n) is 0.780. The van der Waals surface area contributed by atoms with E-state index in [0.717, 1.165) is 0 Å². The zero-order chi connectivity index (χ0) is 10.1. The van der Waals surface area contributed by atoms with E-state index >= 15 is 0 Å². The summed E-state index contributed by atoms with van der Waals surface area (Å²) in [5.74, 6) is -2.62. The van der Waals surface area contributed by atoms with E-state index < -0.39 is 18.4 Å². The Hall–Kier alpha value is -1.98. The first kappa shape index (κ1) is 11.0. The topological polar surface area (TPSA) is 100 Å². The van der Waals surface area contributed by atoms with E-state index in [-0.39, 0.29) is 0 Å². The molecule has 13 heavy (non-hydrogen) atoms. The van der Waals surface area contributed by atoms with Crippen LogP contribution < -0.4 is 0 Å². The lowest BCUT2D eigenvalue weighted by Gasteiger charge is -1.80. The summed E-state index contributed by atoms with van der Waals surface area (Å²) in [5.41, 5.74) is 0. The third-order valence-corrected chi connectivity index (χ3v) is 0.780. The largest absolute Gasteiger partial charge is 0.481 e. The van der Waals surface area contributed by atoms with Gasteiger partial charge in [0.25, 0.3) is 0 Å². The Balaban J connectivity index is 0.000000223. The van der Waals surface area contributed by atoms with Crippen LogP contribution in [-0.4, -0.2) is 32.1 Å². The normalized spacial score (nSPS) is 8.00. The standard InChI is InChI=1S/C4H4N2.C3H4O4/c1-2-6-4-3-5-1;4-2(5)1-3(6)7/h1-4H;1H2,(H,4,5)(H,6,7). The molecule has 0 aliphatic rings. The van der Waals surface area contributed by atoms with Crippen LogP contribution in [0.2, 0.25) is 0 Å². The summed E-state index contributed by atoms with van der Waals surface area (Å²) in [6.45, 7) is 0. The van der Waals surface area contributed by atoms with Crippen molar-refractivity contribution in [3.05, 3.63) is 24.8 Å². The molecule has 6 nitrogen and oxygen atoms in total. The van der Waals surface area contributed by atoms with E-state index in [1.807, 2.05) is 0 Å². The van der Waals surface area contributed by atoms with Crippen molar-refractivity contribution in [3.63, 3.8) is 0 Å². The van der Waals surface area contributed by atoms with Gasteiger partial charge in [-0.2, -0.15) is 0 Å². The summed E-state index contributed by atoms with van der Waals surface area (Å²) < 4.78 is 0. The Morgan fingerprint density at radius 2 is 1.23 bits per heavy atom. The fourth-order valence-corrected chi connectivity index (χ4v) is 0.383. The molecule has 0 spiro atoms. The Bertz CT molecular complexity index is 224. The van der Waals surface area contributed by atoms with Crippen LogP contribution in [0.3, 0.4) is 0 Å². The number of aromatic nitrogens is 2. The second kappa shape index (κ2) is 6.71. The van der Waals surface area contributed by atoms with Gasteiger partial charge >= 0.3 is 11.9 Å². The second-order valence-electron chi connectivity index (χ2n) is 1.86. The van der Waals surface area contributed by atoms with Gasteiger partial charge in [0.2, 0.25) is 0 Å². The van der Waals surface area contributed by atoms with E-state index in [4.69, 9.17) is 10.2 Å². The van der Waals surface area contributed by atoms with Crippen LogP contribution in [0.25, 0.3) is 0 Å². The molecule has 0 aliphatic heterocycles. The molecular weight excluding hydrogens is 176 g/mol. The minimum absolute atomic E-state index is 0.806. The molecule has 0 aliphatic carbocycles. The molecular formula is C7H8N2O4. The number of rotatable bonds is 2. The van der Waals surface area contributed by atoms with Crippen molar-refractivity contribution in [1.29, 1.82) is 0 Å². The lowest BCUT2D eigenvalue weighted by molar-refractivity contribution is -0.147. The fourth-order valence-electron chi connectivity index (χ4n) is 0.383. The van der Waals surface area contributed by atoms with Crippen molar-refractivity contribution in [2.45, 2.75) is 6.42 Å². The number of carbonyl (C=O) groups is 2. The maximum Gasteiger partial charge on any atom is 0.314 e. The van der Waals surface area contributed by atoms with Gasteiger partial charge in [-0.1, -0.05) is 0 Å². The highest BCUT2D eigenvalue weighted by Crippen LogP contribution is 1.74. The number of carboxylic acid groups (broad SMARTS) is 2. The highest BCUT2D eigenvalue weighted by atomic mass is 16.4. The van der Waals surface area contributed by atoms with Gasteiger partial charge < -0.3 is 10.2 Å². The Kier molecular flexibility index (Phi) is 5.69. The Morgan fingerprint density at radius 3 is 1.31 bits per heavy atom. The van der Waals surface area contributed by atoms with Gasteiger partial charge in [-0.3, -0.25) is 19.6 Å². The van der Waals surface area contributed by atoms with Gasteiger partial charge in [0.1, 0.15) is 6.42 Å². The van der Waals surface area contributed by atoms with Crippen LogP contribution in [0.4, 0.5) is 0 Å². The van der Waals surface area contributed by atoms with Crippen molar-refractivity contribution in [2.24, 2.45) is 0 Å². The molecule has 1 aromatic rings. The van der Waals surface area contributed by atoms with Gasteiger partial charge in [-0.15, -0.1) is 0 Å². The van der Waals surface area contributed by atoms with Crippen molar-refractivity contribution in [3.8, 4) is 0 Å². The van der Waals surface area contributed by atoms with E-state index in [9.17, 15) is 9.59 Å². The minimum Gasteiger partial charge on any atom is -0.481 e. The van der Waals surface area contributed by atoms with E-state index in [2.05, 4.69) is 9.97 Å². The first-order valence-corrected chi connectivity index (χ1v) is 3.26. The highest BCUT2D eigenvalue weighted by Gasteiger charge is 2.01. The predicted molar refractivity (Wildman–Crippen MR) is 41.9 cm³/mol. The molecule has 0 amide bonds. The molecule has 0 fully saturated rings. The molecule has 0 bridgehead atoms. The Labute approximate surface area is 73.9 Å². The van der Waals surface area contributed by atoms with E-state index in [1.165, 1.54) is 0 Å². The van der Waals surface area contributed by atoms with E-state index in [1.54, 1.807) is 24.8 Å². The van der Waals surface area contributed by atoms with Crippen molar-refractivity contribution in [2.75, 3.05) is 0 Å². The van der Waals surface area contributed by atoms with Gasteiger partial charge in [0.15, 0.2) is 0 Å². The van der Waals surface area contributed by atoms with Crippen LogP contribution in [0.5, 0.6) is 0 Å². The maximum absolute atomic E-state index is 9.43. The summed E-state index contributed by atoms with van der Waals surface area (Å²) in [6.07, 6.45) is 5.75. The number of hydrogen-bond acceptors (Lipinski definition) is 4. The summed E-state index contributed by atoms with van der Waals surface area (Å²) in [5, 5.41) is 15.4. The quantitative estimate of drug-likeness (QED) is 0.628. The monoisotopic (exact) mass is 184 g/mol. The summed E-state index contributed by atoms with van der Waals surface area (Å²) >= 11 is 0. The number of aliphatic carboxylic acids is 2. The maximum atomic E-state index is 9.43. The number of carboxylic acids is 2. The number of hydrogen-bond donors (Lipinski definition) is 2. The molecule has 2 N–H and O–H groups in total. The van der Waals surface area contributed by atoms with Gasteiger partial charge in [-0.25, -0.2) is 0 Å². The second-order valence-corrected chi connectivity index (χ2v) is 1.86. The molecule has 0 radical (unpaired) electrons. The molecule has 0 atom stereocenters. The predicted octanol–water partition coefficient (Wildman–Crippen LogP) is 0.0223. The lowest BCUT2D eigenvalue weighted by Crippen LogP contribution is -2.03. The van der Waals surface area contributed by atoms with Crippen molar-refractivity contribution in [1.82, 2.24) is 9.97 Å². The smallest absolute Gasteiger partial charge is 0.314 e. The van der Waals surface area contributed by atoms with Crippen LogP contribution in [0.15, 0.2) is 24.8 Å². The van der Waals surface area contributed by atoms with Gasteiger partial charge in [0.05, 0.1) is 0 Å². The van der Waals surface area contributed by atoms with Gasteiger partial charge in [0, 0.05) is 24.8 Å². The summed E-state index contributed by atoms with van der Waals surface area (Å²) in [6, 6.07) is 0. The van der Waals surface area contributed by atoms with Crippen LogP contribution in [0, 0.1) is 0 Å². The average molecular weight is 184 g/mol. The molecule has 0 saturated carbocycles. The highest BCUT2D eigenvalue weighted by molar-refractivity contribution is 5.88. The van der Waals surface area contributed by atoms with Crippen molar-refractivity contribution < 1.29 is 19.8 Å². The first-order valence-electron chi connectivity index (χ1n) is 3.26. The molecule has 0 saturated heterocycles. The SMILES string of the molecule is O=C(O)CC(=O)O.c1cnccn1. The molecule has 6 heteroatoms. The molecule has 1 heterocycles. The molecule has 1 aromatic heterocycles. The zero-order valence-electron chi connectivity index (χ0n) is 6.62. The van der Waals surface area contributed by atoms with Gasteiger partial charge in [-0.05, 0) is 0 Å². The molecule has 1 rings (SSSR count). The molecule has 0 aromatic carbocycles. The summed E-state index contributed by atoms with van der Waals surface area (Å²) in [7, 11) is 0. The number of nitrogens with zero attached hydrogens (tertiary/aromatic N) is 2. The van der Waals surface area contributed by atoms with Crippen molar-refractivity contribution >= 4 is 11.9 Å². The zero-order valence-corrected chi connectivity index (χ0v) is 6.62. The first-order chi connectivity index (χ1) is 6.13. The molecule has 0 unspecified atom stereocenters. The molecule has 70 valence electrons. The third kappa shape index (κ3) is 10.0. The minimum atomic E-state index is -1.31. The average Bonchev–Trinajstić information content (AvgIpc) is 2.06. The lowest BCUT2D eigenvalue weighted by atomic mass is 10.5.